The quantitative estimate of drug-likeness (QED) is 0.858. The predicted molar refractivity (Wildman–Crippen MR) is 74.3 cm³/mol. The van der Waals surface area contributed by atoms with Crippen LogP contribution in [0.25, 0.3) is 0 Å². The number of ether oxygens (including phenoxy) is 1. The van der Waals surface area contributed by atoms with Crippen molar-refractivity contribution in [2.75, 3.05) is 13.2 Å². The normalized spacial score (nSPS) is 27.6. The van der Waals surface area contributed by atoms with E-state index in [0.717, 1.165) is 0 Å². The van der Waals surface area contributed by atoms with E-state index in [4.69, 9.17) is 4.74 Å². The van der Waals surface area contributed by atoms with Crippen molar-refractivity contribution >= 4 is 26.0 Å². The first kappa shape index (κ1) is 14.9. The minimum atomic E-state index is -3.63. The summed E-state index contributed by atoms with van der Waals surface area (Å²) in [5.74, 6) is 0. The Morgan fingerprint density at radius 2 is 2.32 bits per heavy atom. The first-order valence-electron chi connectivity index (χ1n) is 5.93. The Morgan fingerprint density at radius 1 is 1.58 bits per heavy atom. The number of aliphatic hydroxyl groups is 1. The molecule has 1 aromatic carbocycles. The van der Waals surface area contributed by atoms with Crippen LogP contribution in [0.5, 0.6) is 0 Å². The van der Waals surface area contributed by atoms with E-state index in [1.807, 2.05) is 0 Å². The molecule has 1 aliphatic heterocycles. The maximum absolute atomic E-state index is 12.1. The van der Waals surface area contributed by atoms with Gasteiger partial charge >= 0.3 is 0 Å². The summed E-state index contributed by atoms with van der Waals surface area (Å²) in [4.78, 5) is 0.164. The van der Waals surface area contributed by atoms with E-state index in [-0.39, 0.29) is 17.5 Å². The zero-order valence-corrected chi connectivity index (χ0v) is 12.9. The van der Waals surface area contributed by atoms with Gasteiger partial charge in [0.15, 0.2) is 0 Å². The van der Waals surface area contributed by atoms with Crippen LogP contribution in [0.2, 0.25) is 0 Å². The van der Waals surface area contributed by atoms with Crippen LogP contribution in [0.15, 0.2) is 33.6 Å². The third-order valence-electron chi connectivity index (χ3n) is 3.33. The molecule has 0 amide bonds. The van der Waals surface area contributed by atoms with Crippen LogP contribution in [0.4, 0.5) is 0 Å². The summed E-state index contributed by atoms with van der Waals surface area (Å²) >= 11 is 3.23. The highest BCUT2D eigenvalue weighted by Crippen LogP contribution is 2.25. The van der Waals surface area contributed by atoms with E-state index in [9.17, 15) is 13.5 Å². The molecule has 1 saturated heterocycles. The van der Waals surface area contributed by atoms with Gasteiger partial charge in [-0.3, -0.25) is 0 Å². The van der Waals surface area contributed by atoms with E-state index >= 15 is 0 Å². The van der Waals surface area contributed by atoms with E-state index in [1.165, 1.54) is 12.1 Å². The second-order valence-electron chi connectivity index (χ2n) is 4.65. The molecule has 19 heavy (non-hydrogen) atoms. The Labute approximate surface area is 121 Å². The average Bonchev–Trinajstić information content (AvgIpc) is 2.68. The lowest BCUT2D eigenvalue weighted by atomic mass is 9.97. The zero-order valence-electron chi connectivity index (χ0n) is 10.5. The Kier molecular flexibility index (Phi) is 4.32. The van der Waals surface area contributed by atoms with Crippen molar-refractivity contribution in [1.82, 2.24) is 4.72 Å². The largest absolute Gasteiger partial charge is 0.386 e. The first-order chi connectivity index (χ1) is 8.83. The lowest BCUT2D eigenvalue weighted by Crippen LogP contribution is -2.47. The summed E-state index contributed by atoms with van der Waals surface area (Å²) in [5.41, 5.74) is -1.14. The molecule has 1 fully saturated rings. The molecule has 0 spiro atoms. The number of hydrogen-bond donors (Lipinski definition) is 2. The molecular formula is C12H16BrNO4S. The van der Waals surface area contributed by atoms with E-state index in [0.29, 0.717) is 17.5 Å². The summed E-state index contributed by atoms with van der Waals surface area (Å²) < 4.78 is 32.6. The van der Waals surface area contributed by atoms with Gasteiger partial charge in [-0.05, 0) is 25.1 Å². The van der Waals surface area contributed by atoms with Gasteiger partial charge in [-0.25, -0.2) is 13.1 Å². The number of sulfonamides is 1. The molecule has 106 valence electrons. The fourth-order valence-electron chi connectivity index (χ4n) is 1.94. The van der Waals surface area contributed by atoms with Crippen molar-refractivity contribution in [3.8, 4) is 0 Å². The minimum absolute atomic E-state index is 0.0526. The molecule has 0 radical (unpaired) electrons. The lowest BCUT2D eigenvalue weighted by Gasteiger charge is -2.26. The fraction of sp³-hybridized carbons (Fsp3) is 0.500. The van der Waals surface area contributed by atoms with Gasteiger partial charge in [0.05, 0.1) is 11.0 Å². The topological polar surface area (TPSA) is 75.6 Å². The van der Waals surface area contributed by atoms with Crippen molar-refractivity contribution in [2.45, 2.75) is 29.9 Å². The third kappa shape index (κ3) is 3.35. The van der Waals surface area contributed by atoms with Gasteiger partial charge in [0.2, 0.25) is 10.0 Å². The highest BCUT2D eigenvalue weighted by molar-refractivity contribution is 9.10. The molecule has 2 atom stereocenters. The monoisotopic (exact) mass is 349 g/mol. The molecular weight excluding hydrogens is 334 g/mol. The predicted octanol–water partition coefficient (Wildman–Crippen LogP) is 1.27. The molecule has 1 aromatic rings. The van der Waals surface area contributed by atoms with Crippen molar-refractivity contribution in [1.29, 1.82) is 0 Å². The lowest BCUT2D eigenvalue weighted by molar-refractivity contribution is -0.0228. The zero-order chi connectivity index (χ0) is 14.1. The molecule has 0 aromatic heterocycles. The highest BCUT2D eigenvalue weighted by Gasteiger charge is 2.40. The van der Waals surface area contributed by atoms with Gasteiger partial charge in [0, 0.05) is 24.0 Å². The maximum atomic E-state index is 12.1. The molecule has 7 heteroatoms. The van der Waals surface area contributed by atoms with Crippen LogP contribution < -0.4 is 4.72 Å². The van der Waals surface area contributed by atoms with Gasteiger partial charge in [-0.1, -0.05) is 22.0 Å². The van der Waals surface area contributed by atoms with E-state index in [1.54, 1.807) is 19.1 Å². The second kappa shape index (κ2) is 5.49. The van der Waals surface area contributed by atoms with Crippen LogP contribution >= 0.6 is 15.9 Å². The van der Waals surface area contributed by atoms with Gasteiger partial charge < -0.3 is 9.84 Å². The summed E-state index contributed by atoms with van der Waals surface area (Å²) in [7, 11) is -3.63. The Bertz CT molecular complexity index is 563. The molecule has 2 N–H and O–H groups in total. The molecule has 2 unspecified atom stereocenters. The van der Waals surface area contributed by atoms with Crippen LogP contribution in [-0.2, 0) is 14.8 Å². The van der Waals surface area contributed by atoms with E-state index < -0.39 is 15.6 Å². The molecule has 2 rings (SSSR count). The Hall–Kier alpha value is -0.470. The molecule has 1 aliphatic rings. The van der Waals surface area contributed by atoms with Crippen molar-refractivity contribution < 1.29 is 18.3 Å². The van der Waals surface area contributed by atoms with Crippen molar-refractivity contribution in [3.63, 3.8) is 0 Å². The number of rotatable bonds is 4. The molecule has 5 nitrogen and oxygen atoms in total. The molecule has 1 heterocycles. The van der Waals surface area contributed by atoms with Gasteiger partial charge in [-0.2, -0.15) is 0 Å². The molecule has 0 aliphatic carbocycles. The molecule has 0 saturated carbocycles. The highest BCUT2D eigenvalue weighted by atomic mass is 79.9. The second-order valence-corrected chi connectivity index (χ2v) is 7.33. The summed E-state index contributed by atoms with van der Waals surface area (Å²) in [6.45, 7) is 2.12. The smallest absolute Gasteiger partial charge is 0.240 e. The minimum Gasteiger partial charge on any atom is -0.386 e. The van der Waals surface area contributed by atoms with Gasteiger partial charge in [0.25, 0.3) is 0 Å². The van der Waals surface area contributed by atoms with Crippen LogP contribution in [0.1, 0.15) is 13.3 Å². The Balaban J connectivity index is 2.10. The van der Waals surface area contributed by atoms with Gasteiger partial charge in [-0.15, -0.1) is 0 Å². The third-order valence-corrected chi connectivity index (χ3v) is 5.23. The first-order valence-corrected chi connectivity index (χ1v) is 8.20. The van der Waals surface area contributed by atoms with Crippen LogP contribution in [0.3, 0.4) is 0 Å². The Morgan fingerprint density at radius 3 is 2.89 bits per heavy atom. The standard InChI is InChI=1S/C12H16BrNO4S/c1-9-12(15,5-6-18-9)8-14-19(16,17)11-4-2-3-10(13)7-11/h2-4,7,9,14-15H,5-6,8H2,1H3. The summed E-state index contributed by atoms with van der Waals surface area (Å²) in [5, 5.41) is 10.3. The molecule has 0 bridgehead atoms. The van der Waals surface area contributed by atoms with Crippen LogP contribution in [0, 0.1) is 0 Å². The maximum Gasteiger partial charge on any atom is 0.240 e. The number of hydrogen-bond acceptors (Lipinski definition) is 4. The number of benzene rings is 1. The van der Waals surface area contributed by atoms with Gasteiger partial charge in [0.1, 0.15) is 5.60 Å². The number of halogens is 1. The summed E-state index contributed by atoms with van der Waals surface area (Å²) in [6, 6.07) is 6.42. The average molecular weight is 350 g/mol. The van der Waals surface area contributed by atoms with E-state index in [2.05, 4.69) is 20.7 Å². The summed E-state index contributed by atoms with van der Waals surface area (Å²) in [6.07, 6.45) is 0.0486. The van der Waals surface area contributed by atoms with Crippen LogP contribution in [-0.4, -0.2) is 38.4 Å². The van der Waals surface area contributed by atoms with Crippen molar-refractivity contribution in [2.24, 2.45) is 0 Å². The fourth-order valence-corrected chi connectivity index (χ4v) is 3.64. The number of nitrogens with one attached hydrogen (secondary N) is 1. The van der Waals surface area contributed by atoms with Crippen molar-refractivity contribution in [3.05, 3.63) is 28.7 Å². The SMILES string of the molecule is CC1OCCC1(O)CNS(=O)(=O)c1cccc(Br)c1.